The van der Waals surface area contributed by atoms with Crippen molar-refractivity contribution in [2.24, 2.45) is 15.8 Å². The molecule has 2 bridgehead atoms. The number of para-hydroxylation sites is 1. The Morgan fingerprint density at radius 3 is 2.28 bits per heavy atom. The lowest BCUT2D eigenvalue weighted by Gasteiger charge is -2.62. The van der Waals surface area contributed by atoms with Crippen LogP contribution in [0.4, 0.5) is 5.69 Å². The highest BCUT2D eigenvalue weighted by Crippen LogP contribution is 2.59. The third-order valence-corrected chi connectivity index (χ3v) is 9.65. The number of nitrogens with one attached hydrogen (secondary N) is 2. The summed E-state index contributed by atoms with van der Waals surface area (Å²) in [5, 5.41) is 39.0. The molecule has 12 nitrogen and oxygen atoms in total. The number of carbonyl (C=O) groups is 3. The maximum atomic E-state index is 13.4. The van der Waals surface area contributed by atoms with Gasteiger partial charge in [0.2, 0.25) is 0 Å². The zero-order valence-electron chi connectivity index (χ0n) is 25.7. The number of hydrogen-bond donors (Lipinski definition) is 5. The van der Waals surface area contributed by atoms with Gasteiger partial charge in [-0.25, -0.2) is 0 Å². The van der Waals surface area contributed by atoms with Crippen molar-refractivity contribution < 1.29 is 29.7 Å². The van der Waals surface area contributed by atoms with Crippen LogP contribution in [0.5, 0.6) is 0 Å². The quantitative estimate of drug-likeness (QED) is 0.168. The van der Waals surface area contributed by atoms with E-state index in [4.69, 9.17) is 12.2 Å². The molecule has 0 radical (unpaired) electrons. The van der Waals surface area contributed by atoms with Gasteiger partial charge in [-0.05, 0) is 82.1 Å². The molecule has 0 saturated carbocycles. The molecule has 2 saturated heterocycles. The van der Waals surface area contributed by atoms with Gasteiger partial charge in [0.1, 0.15) is 16.9 Å². The molecule has 5 rings (SSSR count). The van der Waals surface area contributed by atoms with Gasteiger partial charge in [0.25, 0.3) is 0 Å². The highest BCUT2D eigenvalue weighted by molar-refractivity contribution is 7.80. The number of aromatic nitrogens is 1. The number of carboxylic acids is 3. The normalized spacial score (nSPS) is 26.8. The summed E-state index contributed by atoms with van der Waals surface area (Å²) >= 11 is 5.37. The van der Waals surface area contributed by atoms with E-state index in [9.17, 15) is 29.7 Å². The van der Waals surface area contributed by atoms with Crippen LogP contribution in [0.3, 0.4) is 0 Å². The molecule has 0 spiro atoms. The highest BCUT2D eigenvalue weighted by Gasteiger charge is 2.69. The van der Waals surface area contributed by atoms with Gasteiger partial charge in [-0.1, -0.05) is 30.3 Å². The molecule has 1 aromatic carbocycles. The fourth-order valence-electron chi connectivity index (χ4n) is 7.55. The van der Waals surface area contributed by atoms with E-state index < -0.39 is 46.9 Å². The van der Waals surface area contributed by atoms with Crippen molar-refractivity contribution in [2.45, 2.75) is 56.7 Å². The Labute approximate surface area is 273 Å². The van der Waals surface area contributed by atoms with Gasteiger partial charge in [-0.3, -0.25) is 34.2 Å². The second-order valence-corrected chi connectivity index (χ2v) is 12.8. The van der Waals surface area contributed by atoms with Crippen LogP contribution in [0.2, 0.25) is 0 Å². The van der Waals surface area contributed by atoms with Gasteiger partial charge in [0.05, 0.1) is 23.5 Å². The number of carboxylic acid groups (broad SMARTS) is 3. The van der Waals surface area contributed by atoms with Crippen LogP contribution in [0, 0.1) is 10.8 Å². The number of hydrogen-bond acceptors (Lipinski definition) is 8. The van der Waals surface area contributed by atoms with Gasteiger partial charge in [0.15, 0.2) is 5.11 Å². The zero-order chi connectivity index (χ0) is 32.9. The van der Waals surface area contributed by atoms with E-state index in [1.807, 2.05) is 36.4 Å². The Morgan fingerprint density at radius 2 is 1.67 bits per heavy atom. The van der Waals surface area contributed by atoms with Gasteiger partial charge in [0, 0.05) is 37.7 Å². The van der Waals surface area contributed by atoms with E-state index in [2.05, 4.69) is 20.6 Å². The molecule has 3 aliphatic rings. The lowest BCUT2D eigenvalue weighted by atomic mass is 9.55. The lowest BCUT2D eigenvalue weighted by Crippen LogP contribution is -2.73. The summed E-state index contributed by atoms with van der Waals surface area (Å²) < 4.78 is 0. The molecule has 5 unspecified atom stereocenters. The number of pyridine rings is 1. The van der Waals surface area contributed by atoms with Crippen molar-refractivity contribution in [3.8, 4) is 0 Å². The molecule has 5 N–H and O–H groups in total. The van der Waals surface area contributed by atoms with Gasteiger partial charge in [-0.2, -0.15) is 0 Å². The maximum Gasteiger partial charge on any atom is 0.320 e. The number of benzene rings is 1. The van der Waals surface area contributed by atoms with Crippen molar-refractivity contribution in [3.05, 3.63) is 72.2 Å². The van der Waals surface area contributed by atoms with E-state index in [0.29, 0.717) is 42.3 Å². The first-order valence-electron chi connectivity index (χ1n) is 15.5. The van der Waals surface area contributed by atoms with E-state index in [1.54, 1.807) is 47.5 Å². The molecule has 2 aromatic rings. The van der Waals surface area contributed by atoms with Crippen molar-refractivity contribution in [3.63, 3.8) is 0 Å². The molecule has 5 atom stereocenters. The first-order chi connectivity index (χ1) is 22.1. The molecule has 13 heteroatoms. The number of rotatable bonds is 12. The number of likely N-dealkylation sites (N-methyl/N-ethyl adjacent to an activating group) is 1. The summed E-state index contributed by atoms with van der Waals surface area (Å²) in [6.07, 6.45) is 7.76. The maximum absolute atomic E-state index is 13.4. The third kappa shape index (κ3) is 6.53. The molecule has 46 heavy (non-hydrogen) atoms. The second kappa shape index (κ2) is 14.1. The molecular weight excluding hydrogens is 608 g/mol. The Balaban J connectivity index is 1.42. The number of unbranched alkanes of at least 4 members (excludes halogenated alkanes) is 1. The molecule has 0 amide bonds. The average molecular weight is 649 g/mol. The number of aliphatic carboxylic acids is 3. The van der Waals surface area contributed by atoms with E-state index in [0.717, 1.165) is 12.1 Å². The summed E-state index contributed by atoms with van der Waals surface area (Å²) in [4.78, 5) is 52.1. The third-order valence-electron chi connectivity index (χ3n) is 9.40. The van der Waals surface area contributed by atoms with Crippen LogP contribution in [0.15, 0.2) is 71.5 Å². The number of anilines is 1. The fourth-order valence-corrected chi connectivity index (χ4v) is 7.77. The number of nitrogens with zero attached hydrogens (tertiary/aromatic N) is 4. The van der Waals surface area contributed by atoms with Gasteiger partial charge in [-0.15, -0.1) is 0 Å². The first kappa shape index (κ1) is 33.2. The minimum Gasteiger partial charge on any atom is -0.481 e. The SMILES string of the molecule is CN1C(C2=CCCC=N2)C2(C(=O)O)CN(C(CCCCNC(=S)Nc3ccccc3)C(=O)O)CC(C(=O)O)(C2)C1c1ccccn1. The van der Waals surface area contributed by atoms with Crippen molar-refractivity contribution in [1.29, 1.82) is 0 Å². The summed E-state index contributed by atoms with van der Waals surface area (Å²) in [5.74, 6) is -3.48. The monoisotopic (exact) mass is 648 g/mol. The molecule has 4 heterocycles. The smallest absolute Gasteiger partial charge is 0.320 e. The van der Waals surface area contributed by atoms with Crippen LogP contribution in [0.25, 0.3) is 0 Å². The van der Waals surface area contributed by atoms with Crippen LogP contribution in [0.1, 0.15) is 50.3 Å². The standard InChI is InChI=1S/C33H40N6O6S/c1-38-26(23-13-5-8-16-34-23)32(29(42)43)19-33(30(44)45,27(38)24-14-6-9-17-35-24)21-39(20-32)25(28(40)41)15-7-10-18-36-31(46)37-22-11-3-2-4-12-22/h2-5,8,11-14,16-17,25-27H,6-7,9-10,15,18-21H2,1H3,(H,40,41)(H,42,43)(H,44,45)(H2,36,37,46). The summed E-state index contributed by atoms with van der Waals surface area (Å²) in [7, 11) is 1.73. The number of fused-ring (bicyclic) bond motifs is 2. The van der Waals surface area contributed by atoms with E-state index >= 15 is 0 Å². The van der Waals surface area contributed by atoms with Crippen LogP contribution >= 0.6 is 12.2 Å². The molecule has 2 fully saturated rings. The molecule has 244 valence electrons. The largest absolute Gasteiger partial charge is 0.481 e. The lowest BCUT2D eigenvalue weighted by molar-refractivity contribution is -0.203. The number of likely N-dealkylation sites (tertiary alicyclic amines) is 2. The predicted octanol–water partition coefficient (Wildman–Crippen LogP) is 3.64. The summed E-state index contributed by atoms with van der Waals surface area (Å²) in [6.45, 7) is 0.233. The number of aliphatic imine (C=N–C) groups is 1. The van der Waals surface area contributed by atoms with Crippen molar-refractivity contribution in [2.75, 3.05) is 32.0 Å². The predicted molar refractivity (Wildman–Crippen MR) is 177 cm³/mol. The van der Waals surface area contributed by atoms with Crippen LogP contribution in [-0.4, -0.2) is 98.1 Å². The van der Waals surface area contributed by atoms with Crippen LogP contribution in [-0.2, 0) is 14.4 Å². The topological polar surface area (TPSA) is 168 Å². The minimum absolute atomic E-state index is 0.130. The minimum atomic E-state index is -1.65. The Hall–Kier alpha value is -4.20. The summed E-state index contributed by atoms with van der Waals surface area (Å²) in [6, 6.07) is 12.0. The van der Waals surface area contributed by atoms with Crippen LogP contribution < -0.4 is 10.6 Å². The Bertz CT molecular complexity index is 1510. The number of thiocarbonyl (C=S) groups is 1. The molecule has 0 aliphatic carbocycles. The Morgan fingerprint density at radius 1 is 0.978 bits per heavy atom. The van der Waals surface area contributed by atoms with Crippen molar-refractivity contribution >= 4 is 47.1 Å². The first-order valence-corrected chi connectivity index (χ1v) is 15.9. The Kier molecular flexibility index (Phi) is 10.1. The summed E-state index contributed by atoms with van der Waals surface area (Å²) in [5.41, 5.74) is -1.40. The molecular formula is C33H40N6O6S. The fraction of sp³-hybridized carbons (Fsp3) is 0.455. The van der Waals surface area contributed by atoms with Gasteiger partial charge < -0.3 is 26.0 Å². The van der Waals surface area contributed by atoms with E-state index in [-0.39, 0.29) is 25.9 Å². The number of allylic oxidation sites excluding steroid dienone is 1. The molecule has 3 aliphatic heterocycles. The number of piperidine rings is 2. The second-order valence-electron chi connectivity index (χ2n) is 12.3. The zero-order valence-corrected chi connectivity index (χ0v) is 26.5. The van der Waals surface area contributed by atoms with Crippen molar-refractivity contribution in [1.82, 2.24) is 20.1 Å². The highest BCUT2D eigenvalue weighted by atomic mass is 32.1. The van der Waals surface area contributed by atoms with Gasteiger partial charge >= 0.3 is 17.9 Å². The average Bonchev–Trinajstić information content (AvgIpc) is 3.03. The molecule has 1 aromatic heterocycles. The van der Waals surface area contributed by atoms with E-state index in [1.165, 1.54) is 0 Å².